The Kier molecular flexibility index (Phi) is 6.07. The molecule has 2 aromatic rings. The average Bonchev–Trinajstić information content (AvgIpc) is 2.71. The van der Waals surface area contributed by atoms with E-state index in [-0.39, 0.29) is 29.9 Å². The maximum Gasteiger partial charge on any atom is 0.228 e. The SMILES string of the molecule is Cc1ccc(Nc2ncnc(OC3CC4COCC(C3)N4C(=O)C(C)(C)C)c2C)c(F)c1. The fraction of sp³-hybridized carbons (Fsp3) is 0.542. The Hall–Kier alpha value is -2.74. The molecule has 0 spiro atoms. The van der Waals surface area contributed by atoms with Crippen molar-refractivity contribution in [3.63, 3.8) is 0 Å². The molecular weight excluding hydrogens is 411 g/mol. The van der Waals surface area contributed by atoms with Crippen LogP contribution in [0.25, 0.3) is 0 Å². The molecule has 0 saturated carbocycles. The molecule has 2 aliphatic rings. The minimum Gasteiger partial charge on any atom is -0.474 e. The highest BCUT2D eigenvalue weighted by Gasteiger charge is 2.45. The Morgan fingerprint density at radius 2 is 1.88 bits per heavy atom. The second-order valence-electron chi connectivity index (χ2n) is 9.78. The lowest BCUT2D eigenvalue weighted by molar-refractivity contribution is -0.163. The summed E-state index contributed by atoms with van der Waals surface area (Å²) >= 11 is 0. The van der Waals surface area contributed by atoms with Gasteiger partial charge in [0, 0.05) is 18.3 Å². The number of halogens is 1. The van der Waals surface area contributed by atoms with Crippen LogP contribution in [0.15, 0.2) is 24.5 Å². The van der Waals surface area contributed by atoms with E-state index in [9.17, 15) is 9.18 Å². The van der Waals surface area contributed by atoms with Crippen molar-refractivity contribution < 1.29 is 18.7 Å². The molecule has 172 valence electrons. The highest BCUT2D eigenvalue weighted by molar-refractivity contribution is 5.82. The van der Waals surface area contributed by atoms with E-state index in [1.807, 2.05) is 45.6 Å². The lowest BCUT2D eigenvalue weighted by Gasteiger charge is -2.49. The molecule has 1 amide bonds. The third-order valence-corrected chi connectivity index (χ3v) is 6.05. The largest absolute Gasteiger partial charge is 0.474 e. The molecule has 0 radical (unpaired) electrons. The zero-order valence-electron chi connectivity index (χ0n) is 19.3. The van der Waals surface area contributed by atoms with Crippen molar-refractivity contribution in [1.29, 1.82) is 0 Å². The molecule has 2 fully saturated rings. The van der Waals surface area contributed by atoms with Gasteiger partial charge in [-0.2, -0.15) is 0 Å². The standard InChI is InChI=1S/C24H31FN4O3/c1-14-6-7-20(19(25)8-14)28-21-15(2)22(27-13-26-21)32-18-9-16-11-31-12-17(10-18)29(16)23(30)24(3,4)5/h6-8,13,16-18H,9-12H2,1-5H3,(H,26,27,28). The Morgan fingerprint density at radius 1 is 1.19 bits per heavy atom. The number of rotatable bonds is 4. The molecule has 1 aromatic heterocycles. The molecule has 2 unspecified atom stereocenters. The number of amides is 1. The zero-order valence-corrected chi connectivity index (χ0v) is 19.3. The number of benzene rings is 1. The van der Waals surface area contributed by atoms with E-state index in [0.717, 1.165) is 5.56 Å². The molecule has 2 saturated heterocycles. The first kappa shape index (κ1) is 22.5. The van der Waals surface area contributed by atoms with Crippen LogP contribution in [-0.4, -0.2) is 52.2 Å². The van der Waals surface area contributed by atoms with E-state index in [1.54, 1.807) is 6.07 Å². The van der Waals surface area contributed by atoms with Gasteiger partial charge in [-0.15, -0.1) is 0 Å². The highest BCUT2D eigenvalue weighted by Crippen LogP contribution is 2.35. The molecule has 1 N–H and O–H groups in total. The smallest absolute Gasteiger partial charge is 0.228 e. The number of ether oxygens (including phenoxy) is 2. The van der Waals surface area contributed by atoms with E-state index < -0.39 is 5.41 Å². The fourth-order valence-electron chi connectivity index (χ4n) is 4.37. The summed E-state index contributed by atoms with van der Waals surface area (Å²) in [6.07, 6.45) is 2.68. The maximum absolute atomic E-state index is 14.3. The van der Waals surface area contributed by atoms with Gasteiger partial charge < -0.3 is 19.7 Å². The molecular formula is C24H31FN4O3. The summed E-state index contributed by atoms with van der Waals surface area (Å²) in [6.45, 7) is 10.6. The van der Waals surface area contributed by atoms with E-state index >= 15 is 0 Å². The summed E-state index contributed by atoms with van der Waals surface area (Å²) in [5.41, 5.74) is 1.48. The Bertz CT molecular complexity index is 993. The van der Waals surface area contributed by atoms with Crippen LogP contribution in [0.3, 0.4) is 0 Å². The average molecular weight is 443 g/mol. The van der Waals surface area contributed by atoms with Crippen LogP contribution in [0.2, 0.25) is 0 Å². The minimum atomic E-state index is -0.434. The van der Waals surface area contributed by atoms with Gasteiger partial charge in [0.05, 0.1) is 36.5 Å². The van der Waals surface area contributed by atoms with E-state index in [2.05, 4.69) is 15.3 Å². The van der Waals surface area contributed by atoms with Gasteiger partial charge in [0.1, 0.15) is 24.1 Å². The third-order valence-electron chi connectivity index (χ3n) is 6.05. The van der Waals surface area contributed by atoms with Gasteiger partial charge in [-0.25, -0.2) is 14.4 Å². The molecule has 2 aliphatic heterocycles. The molecule has 32 heavy (non-hydrogen) atoms. The number of nitrogens with one attached hydrogen (secondary N) is 1. The van der Waals surface area contributed by atoms with Gasteiger partial charge in [0.15, 0.2) is 0 Å². The second kappa shape index (κ2) is 8.65. The third kappa shape index (κ3) is 4.55. The number of hydrogen-bond donors (Lipinski definition) is 1. The van der Waals surface area contributed by atoms with Gasteiger partial charge >= 0.3 is 0 Å². The quantitative estimate of drug-likeness (QED) is 0.766. The van der Waals surface area contributed by atoms with Crippen LogP contribution in [0.5, 0.6) is 5.88 Å². The van der Waals surface area contributed by atoms with Gasteiger partial charge in [0.25, 0.3) is 0 Å². The van der Waals surface area contributed by atoms with Crippen molar-refractivity contribution in [2.45, 2.75) is 65.6 Å². The van der Waals surface area contributed by atoms with E-state index in [0.29, 0.717) is 49.0 Å². The number of aryl methyl sites for hydroxylation is 1. The first-order valence-electron chi connectivity index (χ1n) is 11.1. The molecule has 8 heteroatoms. The fourth-order valence-corrected chi connectivity index (χ4v) is 4.37. The number of carbonyl (C=O) groups is 1. The predicted molar refractivity (Wildman–Crippen MR) is 120 cm³/mol. The van der Waals surface area contributed by atoms with Crippen LogP contribution in [0.4, 0.5) is 15.9 Å². The predicted octanol–water partition coefficient (Wildman–Crippen LogP) is 4.16. The van der Waals surface area contributed by atoms with Crippen molar-refractivity contribution in [2.75, 3.05) is 18.5 Å². The normalized spacial score (nSPS) is 23.1. The first-order valence-corrected chi connectivity index (χ1v) is 11.1. The minimum absolute atomic E-state index is 0.0133. The Balaban J connectivity index is 1.49. The number of carbonyl (C=O) groups excluding carboxylic acids is 1. The highest BCUT2D eigenvalue weighted by atomic mass is 19.1. The van der Waals surface area contributed by atoms with Gasteiger partial charge in [-0.05, 0) is 31.5 Å². The number of aromatic nitrogens is 2. The van der Waals surface area contributed by atoms with Crippen molar-refractivity contribution >= 4 is 17.4 Å². The summed E-state index contributed by atoms with van der Waals surface area (Å²) < 4.78 is 26.3. The lowest BCUT2D eigenvalue weighted by atomic mass is 9.86. The van der Waals surface area contributed by atoms with Crippen molar-refractivity contribution in [1.82, 2.24) is 14.9 Å². The number of fused-ring (bicyclic) bond motifs is 2. The molecule has 3 heterocycles. The number of morpholine rings is 1. The summed E-state index contributed by atoms with van der Waals surface area (Å²) in [4.78, 5) is 23.6. The second-order valence-corrected chi connectivity index (χ2v) is 9.78. The maximum atomic E-state index is 14.3. The molecule has 2 atom stereocenters. The number of hydrogen-bond acceptors (Lipinski definition) is 6. The number of piperidine rings is 1. The monoisotopic (exact) mass is 442 g/mol. The van der Waals surface area contributed by atoms with Crippen molar-refractivity contribution in [3.05, 3.63) is 41.5 Å². The van der Waals surface area contributed by atoms with Crippen LogP contribution in [0, 0.1) is 25.1 Å². The van der Waals surface area contributed by atoms with Crippen LogP contribution in [-0.2, 0) is 9.53 Å². The molecule has 1 aromatic carbocycles. The lowest BCUT2D eigenvalue weighted by Crippen LogP contribution is -2.62. The van der Waals surface area contributed by atoms with Crippen molar-refractivity contribution in [2.24, 2.45) is 5.41 Å². The molecule has 2 bridgehead atoms. The van der Waals surface area contributed by atoms with E-state index in [1.165, 1.54) is 12.4 Å². The summed E-state index contributed by atoms with van der Waals surface area (Å²) in [5, 5.41) is 3.04. The molecule has 7 nitrogen and oxygen atoms in total. The van der Waals surface area contributed by atoms with Crippen LogP contribution >= 0.6 is 0 Å². The summed E-state index contributed by atoms with van der Waals surface area (Å²) in [6, 6.07) is 4.98. The van der Waals surface area contributed by atoms with Gasteiger partial charge in [0.2, 0.25) is 11.8 Å². The Labute approximate surface area is 188 Å². The zero-order chi connectivity index (χ0) is 23.0. The summed E-state index contributed by atoms with van der Waals surface area (Å²) in [5.74, 6) is 0.782. The number of anilines is 2. The van der Waals surface area contributed by atoms with Gasteiger partial charge in [-0.1, -0.05) is 26.8 Å². The molecule has 4 rings (SSSR count). The van der Waals surface area contributed by atoms with Crippen LogP contribution < -0.4 is 10.1 Å². The summed E-state index contributed by atoms with van der Waals surface area (Å²) in [7, 11) is 0. The van der Waals surface area contributed by atoms with Crippen molar-refractivity contribution in [3.8, 4) is 5.88 Å². The Morgan fingerprint density at radius 3 is 2.50 bits per heavy atom. The topological polar surface area (TPSA) is 76.6 Å². The van der Waals surface area contributed by atoms with Crippen LogP contribution in [0.1, 0.15) is 44.7 Å². The first-order chi connectivity index (χ1) is 15.1. The molecule has 0 aliphatic carbocycles. The number of nitrogens with zero attached hydrogens (tertiary/aromatic N) is 3. The van der Waals surface area contributed by atoms with E-state index in [4.69, 9.17) is 9.47 Å². The van der Waals surface area contributed by atoms with Gasteiger partial charge in [-0.3, -0.25) is 4.79 Å².